The summed E-state index contributed by atoms with van der Waals surface area (Å²) in [7, 11) is -4.00. The Morgan fingerprint density at radius 1 is 1.38 bits per heavy atom. The van der Waals surface area contributed by atoms with E-state index in [1.54, 1.807) is 6.92 Å². The molecule has 1 rings (SSSR count). The number of carboxylic acids is 1. The molecule has 1 heterocycles. The first-order chi connectivity index (χ1) is 9.55. The Morgan fingerprint density at radius 2 is 2.00 bits per heavy atom. The molecule has 0 aromatic rings. The Labute approximate surface area is 122 Å². The molecule has 124 valence electrons. The third-order valence-electron chi connectivity index (χ3n) is 3.69. The zero-order chi connectivity index (χ0) is 16.3. The van der Waals surface area contributed by atoms with Crippen LogP contribution in [0.15, 0.2) is 0 Å². The Kier molecular flexibility index (Phi) is 5.65. The molecule has 1 aliphatic heterocycles. The van der Waals surface area contributed by atoms with Crippen LogP contribution < -0.4 is 0 Å². The maximum Gasteiger partial charge on any atom is 0.389 e. The number of halogens is 3. The standard InChI is InChI=1S/C12H20F3NO4S/c1-2-5-11(10(17)18)6-3-8-16(11)21(19,20)9-4-7-12(13,14)15/h2-9H2,1H3,(H,17,18). The van der Waals surface area contributed by atoms with Gasteiger partial charge in [-0.2, -0.15) is 17.5 Å². The van der Waals surface area contributed by atoms with Crippen molar-refractivity contribution in [1.29, 1.82) is 0 Å². The van der Waals surface area contributed by atoms with Crippen LogP contribution in [0.5, 0.6) is 0 Å². The van der Waals surface area contributed by atoms with Gasteiger partial charge in [-0.05, 0) is 25.7 Å². The average Bonchev–Trinajstić information content (AvgIpc) is 2.73. The molecule has 0 amide bonds. The van der Waals surface area contributed by atoms with Gasteiger partial charge in [-0.1, -0.05) is 13.3 Å². The summed E-state index contributed by atoms with van der Waals surface area (Å²) in [6, 6.07) is 0. The van der Waals surface area contributed by atoms with Gasteiger partial charge in [-0.3, -0.25) is 4.79 Å². The van der Waals surface area contributed by atoms with Crippen LogP contribution in [0.4, 0.5) is 13.2 Å². The molecule has 0 bridgehead atoms. The minimum Gasteiger partial charge on any atom is -0.480 e. The fraction of sp³-hybridized carbons (Fsp3) is 0.917. The maximum absolute atomic E-state index is 12.2. The van der Waals surface area contributed by atoms with Crippen molar-refractivity contribution in [1.82, 2.24) is 4.31 Å². The third-order valence-corrected chi connectivity index (χ3v) is 5.70. The van der Waals surface area contributed by atoms with Crippen molar-refractivity contribution >= 4 is 16.0 Å². The highest BCUT2D eigenvalue weighted by atomic mass is 32.2. The molecule has 5 nitrogen and oxygen atoms in total. The highest BCUT2D eigenvalue weighted by molar-refractivity contribution is 7.89. The minimum absolute atomic E-state index is 0.0562. The third kappa shape index (κ3) is 4.32. The smallest absolute Gasteiger partial charge is 0.389 e. The molecule has 1 aliphatic rings. The molecule has 21 heavy (non-hydrogen) atoms. The predicted octanol–water partition coefficient (Wildman–Crippen LogP) is 2.38. The summed E-state index contributed by atoms with van der Waals surface area (Å²) in [5.74, 6) is -1.90. The van der Waals surface area contributed by atoms with Crippen molar-refractivity contribution in [3.8, 4) is 0 Å². The first kappa shape index (κ1) is 18.2. The molecule has 9 heteroatoms. The van der Waals surface area contributed by atoms with E-state index in [2.05, 4.69) is 0 Å². The second-order valence-electron chi connectivity index (χ2n) is 5.30. The highest BCUT2D eigenvalue weighted by Crippen LogP contribution is 2.37. The fourth-order valence-electron chi connectivity index (χ4n) is 2.81. The second kappa shape index (κ2) is 6.51. The topological polar surface area (TPSA) is 74.7 Å². The molecule has 0 radical (unpaired) electrons. The van der Waals surface area contributed by atoms with Gasteiger partial charge in [0, 0.05) is 13.0 Å². The van der Waals surface area contributed by atoms with Crippen LogP contribution in [0, 0.1) is 0 Å². The summed E-state index contributed by atoms with van der Waals surface area (Å²) in [4.78, 5) is 11.5. The van der Waals surface area contributed by atoms with Crippen LogP contribution in [0.1, 0.15) is 45.4 Å². The quantitative estimate of drug-likeness (QED) is 0.777. The molecule has 1 fully saturated rings. The molecule has 1 atom stereocenters. The Balaban J connectivity index is 2.87. The number of carbonyl (C=O) groups is 1. The van der Waals surface area contributed by atoms with Crippen LogP contribution in [0.25, 0.3) is 0 Å². The molecule has 0 spiro atoms. The number of nitrogens with zero attached hydrogens (tertiary/aromatic N) is 1. The molecule has 0 aromatic heterocycles. The van der Waals surface area contributed by atoms with Gasteiger partial charge in [0.05, 0.1) is 5.75 Å². The molecule has 0 aliphatic carbocycles. The van der Waals surface area contributed by atoms with E-state index < -0.39 is 46.3 Å². The van der Waals surface area contributed by atoms with Crippen molar-refractivity contribution in [3.63, 3.8) is 0 Å². The van der Waals surface area contributed by atoms with Gasteiger partial charge in [0.25, 0.3) is 0 Å². The molecule has 1 saturated heterocycles. The molecular weight excluding hydrogens is 311 g/mol. The van der Waals surface area contributed by atoms with Gasteiger partial charge < -0.3 is 5.11 Å². The Hall–Kier alpha value is -0.830. The zero-order valence-electron chi connectivity index (χ0n) is 11.8. The maximum atomic E-state index is 12.2. The number of rotatable bonds is 7. The van der Waals surface area contributed by atoms with Gasteiger partial charge in [-0.25, -0.2) is 8.42 Å². The van der Waals surface area contributed by atoms with Crippen molar-refractivity contribution in [3.05, 3.63) is 0 Å². The SMILES string of the molecule is CCCC1(C(=O)O)CCCN1S(=O)(=O)CCCC(F)(F)F. The fourth-order valence-corrected chi connectivity index (χ4v) is 4.74. The van der Waals surface area contributed by atoms with Gasteiger partial charge in [0.15, 0.2) is 0 Å². The lowest BCUT2D eigenvalue weighted by Gasteiger charge is -2.33. The summed E-state index contributed by atoms with van der Waals surface area (Å²) in [5, 5.41) is 9.40. The monoisotopic (exact) mass is 331 g/mol. The largest absolute Gasteiger partial charge is 0.480 e. The lowest BCUT2D eigenvalue weighted by atomic mass is 9.92. The number of hydrogen-bond acceptors (Lipinski definition) is 3. The first-order valence-corrected chi connectivity index (χ1v) is 8.47. The second-order valence-corrected chi connectivity index (χ2v) is 7.31. The minimum atomic E-state index is -4.41. The average molecular weight is 331 g/mol. The number of alkyl halides is 3. The summed E-state index contributed by atoms with van der Waals surface area (Å²) in [6.07, 6.45) is -4.88. The predicted molar refractivity (Wildman–Crippen MR) is 70.3 cm³/mol. The molecule has 1 N–H and O–H groups in total. The summed E-state index contributed by atoms with van der Waals surface area (Å²) in [6.45, 7) is 1.80. The molecule has 0 saturated carbocycles. The van der Waals surface area contributed by atoms with Gasteiger partial charge >= 0.3 is 12.1 Å². The van der Waals surface area contributed by atoms with Crippen LogP contribution in [-0.2, 0) is 14.8 Å². The van der Waals surface area contributed by atoms with Crippen LogP contribution in [-0.4, -0.2) is 47.8 Å². The summed E-state index contributed by atoms with van der Waals surface area (Å²) < 4.78 is 61.6. The first-order valence-electron chi connectivity index (χ1n) is 6.86. The van der Waals surface area contributed by atoms with Crippen LogP contribution in [0.2, 0.25) is 0 Å². The van der Waals surface area contributed by atoms with E-state index in [9.17, 15) is 31.5 Å². The number of hydrogen-bond donors (Lipinski definition) is 1. The van der Waals surface area contributed by atoms with Crippen molar-refractivity contribution in [2.45, 2.75) is 57.2 Å². The molecule has 1 unspecified atom stereocenters. The highest BCUT2D eigenvalue weighted by Gasteiger charge is 2.51. The van der Waals surface area contributed by atoms with E-state index in [0.29, 0.717) is 12.8 Å². The number of sulfonamides is 1. The van der Waals surface area contributed by atoms with Crippen LogP contribution in [0.3, 0.4) is 0 Å². The van der Waals surface area contributed by atoms with Crippen molar-refractivity contribution in [2.24, 2.45) is 0 Å². The summed E-state index contributed by atoms with van der Waals surface area (Å²) in [5.41, 5.74) is -1.49. The van der Waals surface area contributed by atoms with Gasteiger partial charge in [-0.15, -0.1) is 0 Å². The molecular formula is C12H20F3NO4S. The number of aliphatic carboxylic acids is 1. The number of carboxylic acid groups (broad SMARTS) is 1. The van der Waals surface area contributed by atoms with Crippen molar-refractivity contribution in [2.75, 3.05) is 12.3 Å². The Morgan fingerprint density at radius 3 is 2.48 bits per heavy atom. The van der Waals surface area contributed by atoms with Crippen LogP contribution >= 0.6 is 0 Å². The summed E-state index contributed by atoms with van der Waals surface area (Å²) >= 11 is 0. The van der Waals surface area contributed by atoms with E-state index in [-0.39, 0.29) is 19.4 Å². The van der Waals surface area contributed by atoms with E-state index in [0.717, 1.165) is 4.31 Å². The zero-order valence-corrected chi connectivity index (χ0v) is 12.6. The van der Waals surface area contributed by atoms with Crippen molar-refractivity contribution < 1.29 is 31.5 Å². The Bertz CT molecular complexity index is 477. The lowest BCUT2D eigenvalue weighted by Crippen LogP contribution is -2.53. The van der Waals surface area contributed by atoms with Gasteiger partial charge in [0.1, 0.15) is 5.54 Å². The molecule has 0 aromatic carbocycles. The van der Waals surface area contributed by atoms with Gasteiger partial charge in [0.2, 0.25) is 10.0 Å². The van der Waals surface area contributed by atoms with E-state index in [1.807, 2.05) is 0 Å². The van der Waals surface area contributed by atoms with E-state index >= 15 is 0 Å². The van der Waals surface area contributed by atoms with E-state index in [1.165, 1.54) is 0 Å². The van der Waals surface area contributed by atoms with E-state index in [4.69, 9.17) is 0 Å². The lowest BCUT2D eigenvalue weighted by molar-refractivity contribution is -0.147. The normalized spacial score (nSPS) is 24.4.